The van der Waals surface area contributed by atoms with Crippen LogP contribution < -0.4 is 0 Å². The summed E-state index contributed by atoms with van der Waals surface area (Å²) in [5.74, 6) is -3.81. The van der Waals surface area contributed by atoms with Crippen LogP contribution in [0.4, 0.5) is 5.69 Å². The number of rotatable bonds is 2. The van der Waals surface area contributed by atoms with Gasteiger partial charge in [0.1, 0.15) is 11.5 Å². The van der Waals surface area contributed by atoms with E-state index in [4.69, 9.17) is 4.74 Å². The number of fused-ring (bicyclic) bond motifs is 1. The smallest absolute Gasteiger partial charge is 0.273 e. The molecular weight excluding hydrogens is 386 g/mol. The molecule has 1 aromatic carbocycles. The molecule has 7 nitrogen and oxygen atoms in total. The molecule has 0 amide bonds. The second-order valence-corrected chi connectivity index (χ2v) is 10.5. The van der Waals surface area contributed by atoms with Crippen LogP contribution in [-0.2, 0) is 14.3 Å². The predicted octanol–water partition coefficient (Wildman–Crippen LogP) is 4.05. The number of aliphatic hydroxyl groups is 1. The van der Waals surface area contributed by atoms with Gasteiger partial charge in [0.25, 0.3) is 5.69 Å². The van der Waals surface area contributed by atoms with E-state index in [1.807, 2.05) is 27.7 Å². The third kappa shape index (κ3) is 3.25. The Bertz CT molecular complexity index is 991. The van der Waals surface area contributed by atoms with Gasteiger partial charge in [0.15, 0.2) is 5.78 Å². The number of Topliss-reactive ketones (excluding diaryl/α,β-unsaturated/α-hetero) is 2. The number of carbonyl (C=O) groups excluding carboxylic acids is 2. The SMILES string of the molecule is CC1(C)CC(=O)C2=C(C1)O[C@]1(O)CC(C)(C)CC(=O)[C@@H]1[C@@H]2c1ccccc1[N+](=O)[O-]. The molecule has 1 N–H and O–H groups in total. The van der Waals surface area contributed by atoms with Crippen LogP contribution in [0.25, 0.3) is 0 Å². The monoisotopic (exact) mass is 413 g/mol. The van der Waals surface area contributed by atoms with Gasteiger partial charge in [0, 0.05) is 48.8 Å². The van der Waals surface area contributed by atoms with Crippen molar-refractivity contribution < 1.29 is 24.4 Å². The molecule has 0 spiro atoms. The van der Waals surface area contributed by atoms with Gasteiger partial charge in [-0.2, -0.15) is 0 Å². The summed E-state index contributed by atoms with van der Waals surface area (Å²) in [5, 5.41) is 23.4. The summed E-state index contributed by atoms with van der Waals surface area (Å²) in [5.41, 5.74) is -0.412. The Morgan fingerprint density at radius 3 is 2.40 bits per heavy atom. The highest BCUT2D eigenvalue weighted by Crippen LogP contribution is 2.58. The quantitative estimate of drug-likeness (QED) is 0.579. The molecule has 2 aliphatic carbocycles. The summed E-state index contributed by atoms with van der Waals surface area (Å²) in [6.07, 6.45) is 1.10. The maximum absolute atomic E-state index is 13.3. The van der Waals surface area contributed by atoms with Gasteiger partial charge in [-0.1, -0.05) is 45.9 Å². The molecule has 160 valence electrons. The Hall–Kier alpha value is -2.54. The van der Waals surface area contributed by atoms with Crippen molar-refractivity contribution in [3.05, 3.63) is 51.3 Å². The summed E-state index contributed by atoms with van der Waals surface area (Å²) < 4.78 is 6.07. The van der Waals surface area contributed by atoms with Crippen LogP contribution in [0.2, 0.25) is 0 Å². The number of hydrogen-bond donors (Lipinski definition) is 1. The molecule has 4 rings (SSSR count). The Morgan fingerprint density at radius 2 is 1.73 bits per heavy atom. The summed E-state index contributed by atoms with van der Waals surface area (Å²) in [4.78, 5) is 37.8. The van der Waals surface area contributed by atoms with Crippen LogP contribution in [0.15, 0.2) is 35.6 Å². The fourth-order valence-corrected chi connectivity index (χ4v) is 5.58. The molecule has 7 heteroatoms. The number of allylic oxidation sites excluding steroid dienone is 2. The molecule has 0 bridgehead atoms. The lowest BCUT2D eigenvalue weighted by Gasteiger charge is -2.53. The van der Waals surface area contributed by atoms with E-state index < -0.39 is 28.0 Å². The van der Waals surface area contributed by atoms with E-state index in [1.165, 1.54) is 6.07 Å². The third-order valence-corrected chi connectivity index (χ3v) is 6.51. The molecule has 1 heterocycles. The maximum atomic E-state index is 13.3. The maximum Gasteiger partial charge on any atom is 0.273 e. The van der Waals surface area contributed by atoms with Gasteiger partial charge in [-0.3, -0.25) is 19.7 Å². The third-order valence-electron chi connectivity index (χ3n) is 6.51. The first-order chi connectivity index (χ1) is 13.8. The first-order valence-corrected chi connectivity index (χ1v) is 10.3. The minimum Gasteiger partial charge on any atom is -0.466 e. The van der Waals surface area contributed by atoms with E-state index >= 15 is 0 Å². The highest BCUT2D eigenvalue weighted by Gasteiger charge is 2.61. The summed E-state index contributed by atoms with van der Waals surface area (Å²) in [6.45, 7) is 7.68. The van der Waals surface area contributed by atoms with Gasteiger partial charge in [-0.25, -0.2) is 0 Å². The minimum atomic E-state index is -1.81. The van der Waals surface area contributed by atoms with Gasteiger partial charge < -0.3 is 9.84 Å². The van der Waals surface area contributed by atoms with Crippen molar-refractivity contribution >= 4 is 17.3 Å². The number of nitro groups is 1. The predicted molar refractivity (Wildman–Crippen MR) is 108 cm³/mol. The van der Waals surface area contributed by atoms with Crippen LogP contribution >= 0.6 is 0 Å². The number of benzene rings is 1. The van der Waals surface area contributed by atoms with Crippen molar-refractivity contribution in [2.75, 3.05) is 0 Å². The number of hydrogen-bond acceptors (Lipinski definition) is 6. The van der Waals surface area contributed by atoms with E-state index in [0.717, 1.165) is 0 Å². The van der Waals surface area contributed by atoms with E-state index in [2.05, 4.69) is 0 Å². The van der Waals surface area contributed by atoms with Crippen molar-refractivity contribution in [2.45, 2.75) is 65.1 Å². The number of ether oxygens (including phenoxy) is 1. The summed E-state index contributed by atoms with van der Waals surface area (Å²) in [6, 6.07) is 6.17. The normalized spacial score (nSPS) is 32.2. The Labute approximate surface area is 175 Å². The summed E-state index contributed by atoms with van der Waals surface area (Å²) >= 11 is 0. The van der Waals surface area contributed by atoms with Crippen molar-refractivity contribution in [2.24, 2.45) is 16.7 Å². The van der Waals surface area contributed by atoms with Crippen LogP contribution in [0.1, 0.15) is 64.9 Å². The van der Waals surface area contributed by atoms with Crippen molar-refractivity contribution in [3.8, 4) is 0 Å². The average molecular weight is 413 g/mol. The molecule has 0 radical (unpaired) electrons. The second kappa shape index (κ2) is 6.48. The zero-order valence-corrected chi connectivity index (χ0v) is 17.7. The van der Waals surface area contributed by atoms with Crippen molar-refractivity contribution in [1.82, 2.24) is 0 Å². The van der Waals surface area contributed by atoms with Crippen molar-refractivity contribution in [1.29, 1.82) is 0 Å². The molecule has 1 saturated carbocycles. The highest BCUT2D eigenvalue weighted by molar-refractivity contribution is 6.01. The molecule has 30 heavy (non-hydrogen) atoms. The zero-order valence-electron chi connectivity index (χ0n) is 17.7. The van der Waals surface area contributed by atoms with E-state index in [0.29, 0.717) is 17.8 Å². The van der Waals surface area contributed by atoms with Crippen LogP contribution in [0.5, 0.6) is 0 Å². The largest absolute Gasteiger partial charge is 0.466 e. The molecule has 3 atom stereocenters. The van der Waals surface area contributed by atoms with Crippen molar-refractivity contribution in [3.63, 3.8) is 0 Å². The standard InChI is InChI=1S/C23H27NO6/c1-21(2)9-15(25)19-17(11-21)30-23(27)12-22(3,4)10-16(26)20(23)18(19)13-7-5-6-8-14(13)24(28)29/h5-8,18,20,27H,9-12H2,1-4H3/t18-,20-,23-/m1/s1. The zero-order chi connectivity index (χ0) is 22.1. The minimum absolute atomic E-state index is 0.158. The number of carbonyl (C=O) groups is 2. The van der Waals surface area contributed by atoms with E-state index in [9.17, 15) is 24.8 Å². The summed E-state index contributed by atoms with van der Waals surface area (Å²) in [7, 11) is 0. The van der Waals surface area contributed by atoms with Gasteiger partial charge in [-0.15, -0.1) is 0 Å². The topological polar surface area (TPSA) is 107 Å². The fourth-order valence-electron chi connectivity index (χ4n) is 5.58. The van der Waals surface area contributed by atoms with E-state index in [1.54, 1.807) is 18.2 Å². The average Bonchev–Trinajstić information content (AvgIpc) is 2.56. The van der Waals surface area contributed by atoms with Gasteiger partial charge in [-0.05, 0) is 10.8 Å². The molecule has 0 aromatic heterocycles. The lowest BCUT2D eigenvalue weighted by atomic mass is 9.59. The highest BCUT2D eigenvalue weighted by atomic mass is 16.6. The Kier molecular flexibility index (Phi) is 4.47. The van der Waals surface area contributed by atoms with Gasteiger partial charge >= 0.3 is 0 Å². The first kappa shape index (κ1) is 20.7. The van der Waals surface area contributed by atoms with Crippen LogP contribution in [0.3, 0.4) is 0 Å². The molecular formula is C23H27NO6. The molecule has 0 saturated heterocycles. The van der Waals surface area contributed by atoms with E-state index in [-0.39, 0.29) is 47.5 Å². The molecule has 1 fully saturated rings. The Balaban J connectivity index is 1.98. The second-order valence-electron chi connectivity index (χ2n) is 10.5. The van der Waals surface area contributed by atoms with Gasteiger partial charge in [0.2, 0.25) is 5.79 Å². The number of nitro benzene ring substituents is 1. The fraction of sp³-hybridized carbons (Fsp3) is 0.565. The molecule has 3 aliphatic rings. The number of ketones is 2. The Morgan fingerprint density at radius 1 is 1.07 bits per heavy atom. The first-order valence-electron chi connectivity index (χ1n) is 10.3. The van der Waals surface area contributed by atoms with Crippen LogP contribution in [0, 0.1) is 26.9 Å². The molecule has 1 aliphatic heterocycles. The molecule has 0 unspecified atom stereocenters. The number of nitrogens with zero attached hydrogens (tertiary/aromatic N) is 1. The lowest BCUT2D eigenvalue weighted by Crippen LogP contribution is -2.58. The number of para-hydroxylation sites is 1. The van der Waals surface area contributed by atoms with Crippen LogP contribution in [-0.4, -0.2) is 27.4 Å². The lowest BCUT2D eigenvalue weighted by molar-refractivity contribution is -0.385. The van der Waals surface area contributed by atoms with Gasteiger partial charge in [0.05, 0.1) is 10.8 Å². The molecule has 1 aromatic rings.